The summed E-state index contributed by atoms with van der Waals surface area (Å²) in [7, 11) is 0. The zero-order chi connectivity index (χ0) is 12.0. The van der Waals surface area contributed by atoms with Gasteiger partial charge in [0.15, 0.2) is 5.89 Å². The molecule has 0 fully saturated rings. The van der Waals surface area contributed by atoms with Gasteiger partial charge in [-0.15, -0.1) is 0 Å². The molecule has 16 heavy (non-hydrogen) atoms. The molecule has 0 aliphatic heterocycles. The van der Waals surface area contributed by atoms with Crippen LogP contribution in [0.4, 0.5) is 0 Å². The first-order valence-corrected chi connectivity index (χ1v) is 6.25. The molecule has 0 bridgehead atoms. The molecule has 1 aromatic heterocycles. The molecule has 0 aromatic carbocycles. The summed E-state index contributed by atoms with van der Waals surface area (Å²) in [6.07, 6.45) is 3.87. The van der Waals surface area contributed by atoms with Crippen LogP contribution >= 0.6 is 0 Å². The molecule has 3 heteroatoms. The van der Waals surface area contributed by atoms with Gasteiger partial charge in [0.2, 0.25) is 0 Å². The van der Waals surface area contributed by atoms with Crippen molar-refractivity contribution in [2.24, 2.45) is 5.92 Å². The smallest absolute Gasteiger partial charge is 0.194 e. The minimum absolute atomic E-state index is 0.431. The third-order valence-electron chi connectivity index (χ3n) is 2.44. The van der Waals surface area contributed by atoms with E-state index in [4.69, 9.17) is 4.42 Å². The van der Waals surface area contributed by atoms with Gasteiger partial charge in [-0.05, 0) is 25.4 Å². The first kappa shape index (κ1) is 13.2. The molecule has 0 spiro atoms. The van der Waals surface area contributed by atoms with Gasteiger partial charge in [-0.3, -0.25) is 0 Å². The topological polar surface area (TPSA) is 38.1 Å². The quantitative estimate of drug-likeness (QED) is 0.724. The van der Waals surface area contributed by atoms with Gasteiger partial charge in [0.1, 0.15) is 5.76 Å². The van der Waals surface area contributed by atoms with E-state index in [0.717, 1.165) is 37.6 Å². The van der Waals surface area contributed by atoms with E-state index in [9.17, 15) is 0 Å². The lowest BCUT2D eigenvalue weighted by molar-refractivity contribution is 0.430. The third kappa shape index (κ3) is 4.79. The van der Waals surface area contributed by atoms with E-state index < -0.39 is 0 Å². The number of hydrogen-bond acceptors (Lipinski definition) is 3. The zero-order valence-corrected chi connectivity index (χ0v) is 10.9. The Morgan fingerprint density at radius 2 is 2.06 bits per heavy atom. The first-order valence-electron chi connectivity index (χ1n) is 6.25. The lowest BCUT2D eigenvalue weighted by atomic mass is 10.2. The number of oxazole rings is 1. The predicted molar refractivity (Wildman–Crippen MR) is 66.6 cm³/mol. The second kappa shape index (κ2) is 6.69. The highest BCUT2D eigenvalue weighted by molar-refractivity contribution is 4.98. The highest BCUT2D eigenvalue weighted by Gasteiger charge is 2.06. The van der Waals surface area contributed by atoms with Crippen LogP contribution in [0.25, 0.3) is 0 Å². The van der Waals surface area contributed by atoms with Crippen LogP contribution in [0.15, 0.2) is 10.6 Å². The van der Waals surface area contributed by atoms with Gasteiger partial charge in [0, 0.05) is 12.3 Å². The van der Waals surface area contributed by atoms with E-state index in [0.29, 0.717) is 11.8 Å². The molecule has 0 amide bonds. The predicted octanol–water partition coefficient (Wildman–Crippen LogP) is 2.98. The van der Waals surface area contributed by atoms with Gasteiger partial charge < -0.3 is 9.73 Å². The minimum Gasteiger partial charge on any atom is -0.445 e. The van der Waals surface area contributed by atoms with Gasteiger partial charge in [0.05, 0.1) is 6.20 Å². The Hall–Kier alpha value is -0.830. The summed E-state index contributed by atoms with van der Waals surface area (Å²) in [5.41, 5.74) is 0. The Labute approximate surface area is 98.6 Å². The summed E-state index contributed by atoms with van der Waals surface area (Å²) < 4.78 is 5.63. The normalized spacial score (nSPS) is 11.6. The van der Waals surface area contributed by atoms with E-state index in [1.165, 1.54) is 0 Å². The van der Waals surface area contributed by atoms with E-state index >= 15 is 0 Å². The number of rotatable bonds is 7. The van der Waals surface area contributed by atoms with Crippen molar-refractivity contribution in [3.05, 3.63) is 17.8 Å². The molecule has 0 unspecified atom stereocenters. The van der Waals surface area contributed by atoms with Crippen molar-refractivity contribution >= 4 is 0 Å². The molecule has 1 N–H and O–H groups in total. The van der Waals surface area contributed by atoms with Crippen LogP contribution < -0.4 is 5.32 Å². The monoisotopic (exact) mass is 224 g/mol. The van der Waals surface area contributed by atoms with Gasteiger partial charge >= 0.3 is 0 Å². The SMILES string of the molecule is CC(C)CNCCCc1ncc(C(C)C)o1. The van der Waals surface area contributed by atoms with Crippen molar-refractivity contribution in [1.29, 1.82) is 0 Å². The maximum atomic E-state index is 5.63. The van der Waals surface area contributed by atoms with Crippen molar-refractivity contribution in [1.82, 2.24) is 10.3 Å². The van der Waals surface area contributed by atoms with Crippen LogP contribution in [-0.4, -0.2) is 18.1 Å². The van der Waals surface area contributed by atoms with E-state index in [1.54, 1.807) is 0 Å². The Kier molecular flexibility index (Phi) is 5.53. The van der Waals surface area contributed by atoms with E-state index in [-0.39, 0.29) is 0 Å². The lowest BCUT2D eigenvalue weighted by Gasteiger charge is -2.05. The number of hydrogen-bond donors (Lipinski definition) is 1. The summed E-state index contributed by atoms with van der Waals surface area (Å²) in [6.45, 7) is 10.8. The van der Waals surface area contributed by atoms with Crippen LogP contribution in [0, 0.1) is 5.92 Å². The second-order valence-electron chi connectivity index (χ2n) is 5.01. The van der Waals surface area contributed by atoms with Crippen molar-refractivity contribution in [3.63, 3.8) is 0 Å². The molecule has 1 aromatic rings. The van der Waals surface area contributed by atoms with Crippen LogP contribution in [-0.2, 0) is 6.42 Å². The molecule has 0 radical (unpaired) electrons. The molecular weight excluding hydrogens is 200 g/mol. The molecular formula is C13H24N2O. The number of aromatic nitrogens is 1. The first-order chi connectivity index (χ1) is 7.59. The van der Waals surface area contributed by atoms with Gasteiger partial charge in [-0.25, -0.2) is 4.98 Å². The fourth-order valence-corrected chi connectivity index (χ4v) is 1.46. The average molecular weight is 224 g/mol. The van der Waals surface area contributed by atoms with E-state index in [1.807, 2.05) is 6.20 Å². The van der Waals surface area contributed by atoms with Crippen LogP contribution in [0.1, 0.15) is 51.7 Å². The summed E-state index contributed by atoms with van der Waals surface area (Å²) >= 11 is 0. The highest BCUT2D eigenvalue weighted by atomic mass is 16.4. The molecule has 0 saturated heterocycles. The molecule has 1 heterocycles. The fourth-order valence-electron chi connectivity index (χ4n) is 1.46. The minimum atomic E-state index is 0.431. The van der Waals surface area contributed by atoms with Gasteiger partial charge in [-0.2, -0.15) is 0 Å². The average Bonchev–Trinajstić information content (AvgIpc) is 2.65. The van der Waals surface area contributed by atoms with Crippen molar-refractivity contribution in [2.45, 2.75) is 46.5 Å². The molecule has 92 valence electrons. The van der Waals surface area contributed by atoms with Crippen LogP contribution in [0.2, 0.25) is 0 Å². The lowest BCUT2D eigenvalue weighted by Crippen LogP contribution is -2.21. The maximum absolute atomic E-state index is 5.63. The van der Waals surface area contributed by atoms with Gasteiger partial charge in [0.25, 0.3) is 0 Å². The summed E-state index contributed by atoms with van der Waals surface area (Å²) in [6, 6.07) is 0. The number of aryl methyl sites for hydroxylation is 1. The highest BCUT2D eigenvalue weighted by Crippen LogP contribution is 2.15. The maximum Gasteiger partial charge on any atom is 0.194 e. The third-order valence-corrected chi connectivity index (χ3v) is 2.44. The molecule has 1 rings (SSSR count). The largest absolute Gasteiger partial charge is 0.445 e. The fraction of sp³-hybridized carbons (Fsp3) is 0.769. The Balaban J connectivity index is 2.17. The Bertz CT molecular complexity index is 292. The van der Waals surface area contributed by atoms with Crippen molar-refractivity contribution < 1.29 is 4.42 Å². The zero-order valence-electron chi connectivity index (χ0n) is 10.9. The summed E-state index contributed by atoms with van der Waals surface area (Å²) in [5, 5.41) is 3.42. The van der Waals surface area contributed by atoms with Crippen LogP contribution in [0.3, 0.4) is 0 Å². The Morgan fingerprint density at radius 3 is 2.62 bits per heavy atom. The molecule has 0 atom stereocenters. The van der Waals surface area contributed by atoms with E-state index in [2.05, 4.69) is 38.0 Å². The van der Waals surface area contributed by atoms with Crippen molar-refractivity contribution in [3.8, 4) is 0 Å². The molecule has 3 nitrogen and oxygen atoms in total. The standard InChI is InChI=1S/C13H24N2O/c1-10(2)8-14-7-5-6-13-15-9-12(16-13)11(3)4/h9-11,14H,5-8H2,1-4H3. The summed E-state index contributed by atoms with van der Waals surface area (Å²) in [4.78, 5) is 4.28. The molecule has 0 aliphatic rings. The molecule has 0 saturated carbocycles. The van der Waals surface area contributed by atoms with Gasteiger partial charge in [-0.1, -0.05) is 27.7 Å². The molecule has 0 aliphatic carbocycles. The van der Waals surface area contributed by atoms with Crippen LogP contribution in [0.5, 0.6) is 0 Å². The number of nitrogens with zero attached hydrogens (tertiary/aromatic N) is 1. The second-order valence-corrected chi connectivity index (χ2v) is 5.01. The Morgan fingerprint density at radius 1 is 1.31 bits per heavy atom. The van der Waals surface area contributed by atoms with Crippen molar-refractivity contribution in [2.75, 3.05) is 13.1 Å². The summed E-state index contributed by atoms with van der Waals surface area (Å²) in [5.74, 6) is 3.01. The number of nitrogens with one attached hydrogen (secondary N) is 1.